The Balaban J connectivity index is 1.79. The molecule has 9 heteroatoms. The van der Waals surface area contributed by atoms with Crippen LogP contribution in [-0.2, 0) is 9.84 Å². The van der Waals surface area contributed by atoms with E-state index in [1.165, 1.54) is 0 Å². The number of aromatic amines is 1. The Bertz CT molecular complexity index is 1530. The van der Waals surface area contributed by atoms with E-state index in [2.05, 4.69) is 16.0 Å². The second kappa shape index (κ2) is 10.4. The van der Waals surface area contributed by atoms with Gasteiger partial charge < -0.3 is 19.9 Å². The van der Waals surface area contributed by atoms with E-state index < -0.39 is 9.84 Å². The smallest absolute Gasteiger partial charge is 0.258 e. The van der Waals surface area contributed by atoms with Crippen LogP contribution in [0.2, 0.25) is 0 Å². The summed E-state index contributed by atoms with van der Waals surface area (Å²) in [6.07, 6.45) is 1.81. The summed E-state index contributed by atoms with van der Waals surface area (Å²) in [4.78, 5) is 25.5. The van der Waals surface area contributed by atoms with Gasteiger partial charge in [0, 0.05) is 47.9 Å². The molecule has 0 bridgehead atoms. The number of aryl methyl sites for hydroxylation is 2. The summed E-state index contributed by atoms with van der Waals surface area (Å²) in [6, 6.07) is 12.4. The van der Waals surface area contributed by atoms with E-state index in [1.54, 1.807) is 42.3 Å². The molecule has 0 atom stereocenters. The highest BCUT2D eigenvalue weighted by Gasteiger charge is 2.23. The number of carbonyl (C=O) groups is 1. The summed E-state index contributed by atoms with van der Waals surface area (Å²) in [5, 5.41) is 11.3. The molecule has 8 nitrogen and oxygen atoms in total. The SMILES string of the molecule is CCS(=O)(=O)c1cccc(N(CCN(C)CCO)C(=O)c2ccc3c([nH]c4ncc(C)cc43)c2C)c1. The quantitative estimate of drug-likeness (QED) is 0.357. The van der Waals surface area contributed by atoms with E-state index in [4.69, 9.17) is 0 Å². The number of carbonyl (C=O) groups excluding carboxylic acids is 1. The fourth-order valence-electron chi connectivity index (χ4n) is 4.38. The van der Waals surface area contributed by atoms with Crippen molar-refractivity contribution in [2.24, 2.45) is 0 Å². The van der Waals surface area contributed by atoms with Crippen molar-refractivity contribution < 1.29 is 18.3 Å². The first-order chi connectivity index (χ1) is 17.2. The van der Waals surface area contributed by atoms with Crippen LogP contribution in [0.1, 0.15) is 28.4 Å². The minimum Gasteiger partial charge on any atom is -0.395 e. The molecule has 36 heavy (non-hydrogen) atoms. The number of likely N-dealkylation sites (N-methyl/N-ethyl adjacent to an activating group) is 1. The number of aromatic nitrogens is 2. The Hall–Kier alpha value is -3.27. The van der Waals surface area contributed by atoms with Crippen molar-refractivity contribution in [1.29, 1.82) is 0 Å². The van der Waals surface area contributed by atoms with E-state index in [0.29, 0.717) is 30.9 Å². The standard InChI is InChI=1S/C27H32N4O4S/c1-5-36(34,35)21-8-6-7-20(16-21)31(12-11-30(4)13-14-32)27(33)22-9-10-23-24-15-18(2)17-28-26(24)29-25(23)19(22)3/h6-10,15-17,32H,5,11-14H2,1-4H3,(H,28,29). The topological polar surface area (TPSA) is 107 Å². The van der Waals surface area contributed by atoms with Gasteiger partial charge in [-0.25, -0.2) is 13.4 Å². The third-order valence-electron chi connectivity index (χ3n) is 6.55. The highest BCUT2D eigenvalue weighted by molar-refractivity contribution is 7.91. The normalized spacial score (nSPS) is 12.1. The number of pyridine rings is 1. The average Bonchev–Trinajstić information content (AvgIpc) is 3.23. The second-order valence-corrected chi connectivity index (χ2v) is 11.4. The van der Waals surface area contributed by atoms with Crippen molar-refractivity contribution >= 4 is 43.4 Å². The van der Waals surface area contributed by atoms with Gasteiger partial charge in [0.1, 0.15) is 5.65 Å². The third kappa shape index (κ3) is 5.00. The van der Waals surface area contributed by atoms with Crippen LogP contribution in [0, 0.1) is 13.8 Å². The van der Waals surface area contributed by atoms with Gasteiger partial charge in [-0.2, -0.15) is 0 Å². The van der Waals surface area contributed by atoms with Crippen LogP contribution in [0.4, 0.5) is 5.69 Å². The number of sulfone groups is 1. The summed E-state index contributed by atoms with van der Waals surface area (Å²) in [5.41, 5.74) is 4.53. The number of nitrogens with zero attached hydrogens (tertiary/aromatic N) is 3. The van der Waals surface area contributed by atoms with Gasteiger partial charge in [0.2, 0.25) is 0 Å². The molecule has 0 spiro atoms. The number of anilines is 1. The molecule has 0 radical (unpaired) electrons. The van der Waals surface area contributed by atoms with Crippen LogP contribution in [0.3, 0.4) is 0 Å². The number of H-pyrrole nitrogens is 1. The molecule has 190 valence electrons. The largest absolute Gasteiger partial charge is 0.395 e. The molecule has 1 amide bonds. The van der Waals surface area contributed by atoms with Gasteiger partial charge in [-0.05, 0) is 62.4 Å². The number of nitrogens with one attached hydrogen (secondary N) is 1. The highest BCUT2D eigenvalue weighted by Crippen LogP contribution is 2.30. The van der Waals surface area contributed by atoms with E-state index >= 15 is 0 Å². The van der Waals surface area contributed by atoms with Gasteiger partial charge in [0.15, 0.2) is 9.84 Å². The fourth-order valence-corrected chi connectivity index (χ4v) is 5.30. The Morgan fingerprint density at radius 3 is 2.56 bits per heavy atom. The molecule has 0 saturated heterocycles. The number of aliphatic hydroxyl groups is 1. The van der Waals surface area contributed by atoms with Crippen LogP contribution in [0.5, 0.6) is 0 Å². The van der Waals surface area contributed by atoms with Crippen molar-refractivity contribution in [1.82, 2.24) is 14.9 Å². The number of fused-ring (bicyclic) bond motifs is 3. The molecule has 0 saturated carbocycles. The number of hydrogen-bond donors (Lipinski definition) is 2. The zero-order valence-electron chi connectivity index (χ0n) is 21.1. The molecule has 0 unspecified atom stereocenters. The zero-order valence-corrected chi connectivity index (χ0v) is 21.9. The molecule has 4 rings (SSSR count). The molecule has 0 aliphatic rings. The van der Waals surface area contributed by atoms with Crippen LogP contribution < -0.4 is 4.90 Å². The fraction of sp³-hybridized carbons (Fsp3) is 0.333. The minimum atomic E-state index is -3.43. The van der Waals surface area contributed by atoms with Gasteiger partial charge in [0.05, 0.1) is 22.8 Å². The van der Waals surface area contributed by atoms with E-state index in [-0.39, 0.29) is 23.2 Å². The summed E-state index contributed by atoms with van der Waals surface area (Å²) < 4.78 is 25.1. The van der Waals surface area contributed by atoms with Gasteiger partial charge in [-0.15, -0.1) is 0 Å². The average molecular weight is 509 g/mol. The summed E-state index contributed by atoms with van der Waals surface area (Å²) in [6.45, 7) is 6.82. The predicted octanol–water partition coefficient (Wildman–Crippen LogP) is 3.70. The maximum absolute atomic E-state index is 14.0. The van der Waals surface area contributed by atoms with Gasteiger partial charge in [-0.1, -0.05) is 19.1 Å². The third-order valence-corrected chi connectivity index (χ3v) is 8.29. The number of aliphatic hydroxyl groups excluding tert-OH is 1. The molecule has 2 aromatic heterocycles. The highest BCUT2D eigenvalue weighted by atomic mass is 32.2. The lowest BCUT2D eigenvalue weighted by molar-refractivity contribution is 0.0983. The molecule has 0 aliphatic heterocycles. The van der Waals surface area contributed by atoms with Crippen LogP contribution in [0.15, 0.2) is 53.6 Å². The lowest BCUT2D eigenvalue weighted by Crippen LogP contribution is -2.38. The second-order valence-electron chi connectivity index (χ2n) is 9.08. The van der Waals surface area contributed by atoms with Crippen molar-refractivity contribution in [2.75, 3.05) is 43.9 Å². The van der Waals surface area contributed by atoms with Crippen molar-refractivity contribution in [3.8, 4) is 0 Å². The zero-order chi connectivity index (χ0) is 26.0. The Morgan fingerprint density at radius 2 is 1.83 bits per heavy atom. The van der Waals surface area contributed by atoms with Crippen LogP contribution in [-0.4, -0.2) is 73.3 Å². The molecule has 2 heterocycles. The molecule has 2 N–H and O–H groups in total. The first kappa shape index (κ1) is 25.8. The predicted molar refractivity (Wildman–Crippen MR) is 144 cm³/mol. The van der Waals surface area contributed by atoms with E-state index in [1.807, 2.05) is 37.9 Å². The summed E-state index contributed by atoms with van der Waals surface area (Å²) in [7, 11) is -1.56. The first-order valence-electron chi connectivity index (χ1n) is 12.0. The van der Waals surface area contributed by atoms with Gasteiger partial charge in [-0.3, -0.25) is 4.79 Å². The summed E-state index contributed by atoms with van der Waals surface area (Å²) >= 11 is 0. The first-order valence-corrected chi connectivity index (χ1v) is 13.6. The van der Waals surface area contributed by atoms with Crippen molar-refractivity contribution in [3.63, 3.8) is 0 Å². The lowest BCUT2D eigenvalue weighted by atomic mass is 10.0. The molecular weight excluding hydrogens is 476 g/mol. The van der Waals surface area contributed by atoms with Crippen LogP contribution in [0.25, 0.3) is 21.9 Å². The van der Waals surface area contributed by atoms with Gasteiger partial charge >= 0.3 is 0 Å². The maximum Gasteiger partial charge on any atom is 0.258 e. The van der Waals surface area contributed by atoms with Crippen molar-refractivity contribution in [2.45, 2.75) is 25.7 Å². The maximum atomic E-state index is 14.0. The minimum absolute atomic E-state index is 0.0122. The molecule has 0 fully saturated rings. The number of amides is 1. The molecule has 0 aliphatic carbocycles. The Labute approximate surface area is 211 Å². The van der Waals surface area contributed by atoms with Gasteiger partial charge in [0.25, 0.3) is 5.91 Å². The number of benzene rings is 2. The molecule has 4 aromatic rings. The molecular formula is C27H32N4O4S. The monoisotopic (exact) mass is 508 g/mol. The number of rotatable bonds is 9. The van der Waals surface area contributed by atoms with E-state index in [0.717, 1.165) is 33.1 Å². The Kier molecular flexibility index (Phi) is 7.44. The van der Waals surface area contributed by atoms with Crippen molar-refractivity contribution in [3.05, 3.63) is 65.4 Å². The lowest BCUT2D eigenvalue weighted by Gasteiger charge is -2.27. The van der Waals surface area contributed by atoms with E-state index in [9.17, 15) is 18.3 Å². The molecule has 2 aromatic carbocycles. The number of hydrogen-bond acceptors (Lipinski definition) is 6. The Morgan fingerprint density at radius 1 is 1.06 bits per heavy atom. The summed E-state index contributed by atoms with van der Waals surface area (Å²) in [5.74, 6) is -0.242. The van der Waals surface area contributed by atoms with Crippen LogP contribution >= 0.6 is 0 Å².